The minimum absolute atomic E-state index is 0.151. The molecule has 3 atom stereocenters. The number of nitrogens with one attached hydrogen (secondary N) is 1. The van der Waals surface area contributed by atoms with Crippen LogP contribution in [0.4, 0.5) is 0 Å². The molecule has 0 saturated heterocycles. The minimum Gasteiger partial charge on any atom is -0.392 e. The monoisotopic (exact) mass is 391 g/mol. The molecule has 1 aliphatic heterocycles. The fourth-order valence-electron chi connectivity index (χ4n) is 3.91. The highest BCUT2D eigenvalue weighted by atomic mass is 32.2. The molecule has 1 fully saturated rings. The lowest BCUT2D eigenvalue weighted by Gasteiger charge is -2.40. The van der Waals surface area contributed by atoms with Crippen molar-refractivity contribution in [2.24, 2.45) is 17.1 Å². The Bertz CT molecular complexity index is 688. The van der Waals surface area contributed by atoms with Crippen molar-refractivity contribution in [2.45, 2.75) is 56.6 Å². The lowest BCUT2D eigenvalue weighted by Crippen LogP contribution is -2.38. The fourth-order valence-corrected chi connectivity index (χ4v) is 7.24. The number of thioether (sulfide) groups is 2. The first kappa shape index (κ1) is 19.9. The average Bonchev–Trinajstić information content (AvgIpc) is 3.20. The Kier molecular flexibility index (Phi) is 6.79. The topological polar surface area (TPSA) is 74.9 Å². The van der Waals surface area contributed by atoms with Crippen LogP contribution in [0.2, 0.25) is 0 Å². The zero-order valence-electron chi connectivity index (χ0n) is 15.6. The maximum Gasteiger partial charge on any atom is 0.0713 e. The quantitative estimate of drug-likeness (QED) is 0.507. The van der Waals surface area contributed by atoms with Gasteiger partial charge in [-0.15, -0.1) is 29.4 Å². The summed E-state index contributed by atoms with van der Waals surface area (Å²) in [6.07, 6.45) is 6.69. The summed E-state index contributed by atoms with van der Waals surface area (Å²) in [5.41, 5.74) is 8.06. The van der Waals surface area contributed by atoms with Gasteiger partial charge < -0.3 is 10.8 Å². The number of nitrogens with two attached hydrogens (primary N) is 1. The number of aromatic amines is 1. The second kappa shape index (κ2) is 8.88. The number of hydrogen-bond donors (Lipinski definition) is 3. The highest BCUT2D eigenvalue weighted by molar-refractivity contribution is 8.21. The highest BCUT2D eigenvalue weighted by Crippen LogP contribution is 2.58. The van der Waals surface area contributed by atoms with Crippen LogP contribution in [-0.2, 0) is 0 Å². The molecule has 3 rings (SSSR count). The van der Waals surface area contributed by atoms with Crippen molar-refractivity contribution < 1.29 is 5.11 Å². The molecule has 1 aliphatic carbocycles. The number of aliphatic hydroxyl groups is 1. The minimum atomic E-state index is -0.255. The van der Waals surface area contributed by atoms with Gasteiger partial charge in [0.25, 0.3) is 0 Å². The van der Waals surface area contributed by atoms with Gasteiger partial charge in [-0.3, -0.25) is 5.10 Å². The van der Waals surface area contributed by atoms with E-state index in [1.807, 2.05) is 35.8 Å². The number of aliphatic hydroxyl groups excluding tert-OH is 1. The molecule has 142 valence electrons. The second-order valence-corrected chi connectivity index (χ2v) is 10.5. The molecule has 2 aliphatic rings. The molecule has 4 nitrogen and oxygen atoms in total. The number of H-pyrrole nitrogens is 1. The molecule has 3 unspecified atom stereocenters. The third-order valence-electron chi connectivity index (χ3n) is 5.02. The molecule has 26 heavy (non-hydrogen) atoms. The summed E-state index contributed by atoms with van der Waals surface area (Å²) in [6, 6.07) is 2.05. The zero-order chi connectivity index (χ0) is 18.6. The third kappa shape index (κ3) is 4.69. The SMILES string of the molecule is CC1(C)CC2=C(c3ccn[nH]3)SC(SCCCCC#CCN)C2C(O)C1. The Morgan fingerprint density at radius 2 is 2.27 bits per heavy atom. The van der Waals surface area contributed by atoms with Gasteiger partial charge in [-0.25, -0.2) is 0 Å². The molecule has 0 bridgehead atoms. The van der Waals surface area contributed by atoms with Gasteiger partial charge in [-0.2, -0.15) is 5.10 Å². The Morgan fingerprint density at radius 3 is 3.00 bits per heavy atom. The maximum absolute atomic E-state index is 10.9. The fraction of sp³-hybridized carbons (Fsp3) is 0.650. The first-order chi connectivity index (χ1) is 12.5. The van der Waals surface area contributed by atoms with Gasteiger partial charge in [0.05, 0.1) is 22.9 Å². The van der Waals surface area contributed by atoms with Crippen molar-refractivity contribution in [2.75, 3.05) is 12.3 Å². The summed E-state index contributed by atoms with van der Waals surface area (Å²) in [5.74, 6) is 7.39. The number of nitrogens with zero attached hydrogens (tertiary/aromatic N) is 1. The summed E-state index contributed by atoms with van der Waals surface area (Å²) in [4.78, 5) is 1.31. The van der Waals surface area contributed by atoms with Crippen LogP contribution in [0.3, 0.4) is 0 Å². The second-order valence-electron chi connectivity index (χ2n) is 7.83. The van der Waals surface area contributed by atoms with Gasteiger partial charge >= 0.3 is 0 Å². The Labute approximate surface area is 165 Å². The predicted molar refractivity (Wildman–Crippen MR) is 113 cm³/mol. The Hall–Kier alpha value is -0.870. The number of aromatic nitrogens is 2. The van der Waals surface area contributed by atoms with Crippen molar-refractivity contribution in [1.29, 1.82) is 0 Å². The van der Waals surface area contributed by atoms with Crippen LogP contribution in [0.5, 0.6) is 0 Å². The van der Waals surface area contributed by atoms with Crippen molar-refractivity contribution in [3.63, 3.8) is 0 Å². The van der Waals surface area contributed by atoms with E-state index in [9.17, 15) is 5.11 Å². The van der Waals surface area contributed by atoms with Crippen LogP contribution >= 0.6 is 23.5 Å². The molecular formula is C20H29N3OS2. The van der Waals surface area contributed by atoms with Gasteiger partial charge in [0.15, 0.2) is 0 Å². The lowest BCUT2D eigenvalue weighted by molar-refractivity contribution is 0.0543. The number of unbranched alkanes of at least 4 members (excludes halogenated alkanes) is 2. The number of fused-ring (bicyclic) bond motifs is 1. The van der Waals surface area contributed by atoms with E-state index in [-0.39, 0.29) is 17.4 Å². The van der Waals surface area contributed by atoms with E-state index in [4.69, 9.17) is 5.73 Å². The van der Waals surface area contributed by atoms with E-state index in [1.54, 1.807) is 0 Å². The van der Waals surface area contributed by atoms with Crippen LogP contribution in [0.1, 0.15) is 51.6 Å². The number of hydrogen-bond acceptors (Lipinski definition) is 5. The molecular weight excluding hydrogens is 362 g/mol. The average molecular weight is 392 g/mol. The molecule has 0 spiro atoms. The molecule has 1 aromatic rings. The van der Waals surface area contributed by atoms with Crippen molar-refractivity contribution >= 4 is 28.4 Å². The first-order valence-electron chi connectivity index (χ1n) is 9.37. The summed E-state index contributed by atoms with van der Waals surface area (Å²) >= 11 is 3.91. The van der Waals surface area contributed by atoms with E-state index < -0.39 is 0 Å². The largest absolute Gasteiger partial charge is 0.392 e. The van der Waals surface area contributed by atoms with E-state index >= 15 is 0 Å². The Morgan fingerprint density at radius 1 is 1.42 bits per heavy atom. The van der Waals surface area contributed by atoms with Gasteiger partial charge in [0, 0.05) is 23.4 Å². The van der Waals surface area contributed by atoms with E-state index in [1.165, 1.54) is 10.5 Å². The van der Waals surface area contributed by atoms with Crippen LogP contribution in [0.25, 0.3) is 4.91 Å². The summed E-state index contributed by atoms with van der Waals surface area (Å²) < 4.78 is 0.393. The first-order valence-corrected chi connectivity index (χ1v) is 11.3. The zero-order valence-corrected chi connectivity index (χ0v) is 17.3. The smallest absolute Gasteiger partial charge is 0.0713 e. The van der Waals surface area contributed by atoms with Crippen molar-refractivity contribution in [3.05, 3.63) is 23.5 Å². The molecule has 0 amide bonds. The molecule has 2 heterocycles. The highest BCUT2D eigenvalue weighted by Gasteiger charge is 2.47. The van der Waals surface area contributed by atoms with Crippen LogP contribution in [0, 0.1) is 23.2 Å². The standard InChI is InChI=1S/C20H29N3OS2/c1-20(2)12-14-17(16(24)13-20)19(25-11-7-5-3-4-6-9-21)26-18(14)15-8-10-22-23-15/h8,10,16-17,19,24H,3,5,7,9,11-13,21H2,1-2H3,(H,22,23). The summed E-state index contributed by atoms with van der Waals surface area (Å²) in [6.45, 7) is 4.98. The molecule has 1 aromatic heterocycles. The van der Waals surface area contributed by atoms with Gasteiger partial charge in [0.1, 0.15) is 0 Å². The predicted octanol–water partition coefficient (Wildman–Crippen LogP) is 3.86. The number of rotatable bonds is 6. The van der Waals surface area contributed by atoms with Crippen LogP contribution in [-0.4, -0.2) is 38.3 Å². The van der Waals surface area contributed by atoms with E-state index in [0.717, 1.165) is 43.6 Å². The maximum atomic E-state index is 10.9. The molecule has 6 heteroatoms. The molecule has 0 radical (unpaired) electrons. The van der Waals surface area contributed by atoms with Crippen molar-refractivity contribution in [1.82, 2.24) is 10.2 Å². The molecule has 1 saturated carbocycles. The summed E-state index contributed by atoms with van der Waals surface area (Å²) in [7, 11) is 0. The van der Waals surface area contributed by atoms with E-state index in [2.05, 4.69) is 35.9 Å². The normalized spacial score (nSPS) is 27.2. The third-order valence-corrected chi connectivity index (χ3v) is 8.10. The van der Waals surface area contributed by atoms with Crippen molar-refractivity contribution in [3.8, 4) is 11.8 Å². The Balaban J connectivity index is 1.65. The molecule has 0 aromatic carbocycles. The van der Waals surface area contributed by atoms with Gasteiger partial charge in [0.2, 0.25) is 0 Å². The van der Waals surface area contributed by atoms with Crippen LogP contribution < -0.4 is 5.73 Å². The van der Waals surface area contributed by atoms with Gasteiger partial charge in [-0.1, -0.05) is 19.8 Å². The van der Waals surface area contributed by atoms with Crippen LogP contribution in [0.15, 0.2) is 17.8 Å². The van der Waals surface area contributed by atoms with Gasteiger partial charge in [-0.05, 0) is 48.5 Å². The molecule has 4 N–H and O–H groups in total. The van der Waals surface area contributed by atoms with E-state index in [0.29, 0.717) is 11.1 Å². The lowest BCUT2D eigenvalue weighted by atomic mass is 9.69. The summed E-state index contributed by atoms with van der Waals surface area (Å²) in [5, 5.41) is 18.1.